The Hall–Kier alpha value is -3.18. The van der Waals surface area contributed by atoms with Crippen LogP contribution in [0.3, 0.4) is 0 Å². The van der Waals surface area contributed by atoms with E-state index in [1.54, 1.807) is 19.2 Å². The first kappa shape index (κ1) is 24.5. The first-order valence-corrected chi connectivity index (χ1v) is 13.1. The van der Waals surface area contributed by atoms with Crippen molar-refractivity contribution in [3.63, 3.8) is 0 Å². The molecule has 3 aromatic rings. The maximum absolute atomic E-state index is 12.8. The molecule has 5 nitrogen and oxygen atoms in total. The molecule has 1 heterocycles. The van der Waals surface area contributed by atoms with Gasteiger partial charge in [-0.15, -0.1) is 0 Å². The second-order valence-electron chi connectivity index (χ2n) is 9.72. The summed E-state index contributed by atoms with van der Waals surface area (Å²) < 4.78 is 17.9. The Labute approximate surface area is 217 Å². The quantitative estimate of drug-likeness (QED) is 0.361. The van der Waals surface area contributed by atoms with E-state index in [2.05, 4.69) is 17.4 Å². The molecule has 188 valence electrons. The van der Waals surface area contributed by atoms with Crippen LogP contribution in [0.25, 0.3) is 0 Å². The third-order valence-corrected chi connectivity index (χ3v) is 7.40. The highest BCUT2D eigenvalue weighted by Crippen LogP contribution is 2.37. The van der Waals surface area contributed by atoms with E-state index in [0.29, 0.717) is 18.0 Å². The molecule has 1 saturated heterocycles. The third-order valence-electron chi connectivity index (χ3n) is 7.15. The van der Waals surface area contributed by atoms with Gasteiger partial charge in [-0.25, -0.2) is 0 Å². The monoisotopic (exact) mass is 505 g/mol. The molecule has 1 N–H and O–H groups in total. The zero-order chi connectivity index (χ0) is 24.9. The molecule has 0 unspecified atom stereocenters. The van der Waals surface area contributed by atoms with Crippen molar-refractivity contribution in [3.8, 4) is 23.0 Å². The summed E-state index contributed by atoms with van der Waals surface area (Å²) >= 11 is 5.97. The summed E-state index contributed by atoms with van der Waals surface area (Å²) in [5.74, 6) is 3.25. The van der Waals surface area contributed by atoms with E-state index in [1.807, 2.05) is 42.5 Å². The smallest absolute Gasteiger partial charge is 0.223 e. The molecule has 2 aliphatic rings. The van der Waals surface area contributed by atoms with Crippen molar-refractivity contribution >= 4 is 17.5 Å². The lowest BCUT2D eigenvalue weighted by Gasteiger charge is -2.30. The molecular formula is C30H32ClNO4. The molecule has 1 aliphatic heterocycles. The summed E-state index contributed by atoms with van der Waals surface area (Å²) in [7, 11) is 1.68. The summed E-state index contributed by atoms with van der Waals surface area (Å²) in [6.07, 6.45) is 6.32. The Kier molecular flexibility index (Phi) is 7.66. The maximum atomic E-state index is 12.8. The van der Waals surface area contributed by atoms with E-state index in [1.165, 1.54) is 18.4 Å². The number of rotatable bonds is 8. The SMILES string of the molecule is COc1ccc([C@H]2CNC(=O)[C@@H](Cc3cccc(Oc4ccc(Cl)cc4)c3)C2)cc1OC1CCCC1. The fourth-order valence-corrected chi connectivity index (χ4v) is 5.34. The van der Waals surface area contributed by atoms with Crippen LogP contribution in [0.2, 0.25) is 5.02 Å². The summed E-state index contributed by atoms with van der Waals surface area (Å²) in [6, 6.07) is 21.4. The van der Waals surface area contributed by atoms with Gasteiger partial charge in [0.05, 0.1) is 13.2 Å². The molecule has 0 radical (unpaired) electrons. The Bertz CT molecular complexity index is 1190. The van der Waals surface area contributed by atoms with Gasteiger partial charge in [0, 0.05) is 23.4 Å². The molecule has 1 amide bonds. The van der Waals surface area contributed by atoms with Crippen LogP contribution in [0.4, 0.5) is 0 Å². The standard InChI is InChI=1S/C30H32ClNO4/c1-34-28-14-9-21(18-29(28)36-25-6-2-3-7-25)23-17-22(30(33)32-19-23)15-20-5-4-8-27(16-20)35-26-12-10-24(31)11-13-26/h4-5,8-14,16,18,22-23,25H,2-3,6-7,15,17,19H2,1H3,(H,32,33)/t22-,23+/m0/s1. The van der Waals surface area contributed by atoms with Crippen molar-refractivity contribution in [3.05, 3.63) is 82.9 Å². The molecule has 5 rings (SSSR count). The lowest BCUT2D eigenvalue weighted by molar-refractivity contribution is -0.126. The Morgan fingerprint density at radius 2 is 1.75 bits per heavy atom. The normalized spacial score (nSPS) is 20.1. The lowest BCUT2D eigenvalue weighted by Crippen LogP contribution is -2.41. The van der Waals surface area contributed by atoms with Gasteiger partial charge >= 0.3 is 0 Å². The van der Waals surface area contributed by atoms with Crippen LogP contribution in [0, 0.1) is 5.92 Å². The summed E-state index contributed by atoms with van der Waals surface area (Å²) in [4.78, 5) is 12.8. The van der Waals surface area contributed by atoms with Crippen molar-refractivity contribution in [1.29, 1.82) is 0 Å². The fourth-order valence-electron chi connectivity index (χ4n) is 5.22. The van der Waals surface area contributed by atoms with E-state index >= 15 is 0 Å². The van der Waals surface area contributed by atoms with Crippen molar-refractivity contribution in [2.45, 2.75) is 50.5 Å². The van der Waals surface area contributed by atoms with E-state index < -0.39 is 0 Å². The number of hydrogen-bond acceptors (Lipinski definition) is 4. The van der Waals surface area contributed by atoms with E-state index in [9.17, 15) is 4.79 Å². The number of amides is 1. The topological polar surface area (TPSA) is 56.8 Å². The number of carbonyl (C=O) groups excluding carboxylic acids is 1. The Balaban J connectivity index is 1.28. The minimum absolute atomic E-state index is 0.103. The molecular weight excluding hydrogens is 474 g/mol. The van der Waals surface area contributed by atoms with Gasteiger partial charge in [0.15, 0.2) is 11.5 Å². The molecule has 2 atom stereocenters. The van der Waals surface area contributed by atoms with Crippen LogP contribution in [0.5, 0.6) is 23.0 Å². The minimum atomic E-state index is -0.115. The number of ether oxygens (including phenoxy) is 3. The predicted octanol–water partition coefficient (Wildman–Crippen LogP) is 6.92. The zero-order valence-corrected chi connectivity index (χ0v) is 21.3. The molecule has 36 heavy (non-hydrogen) atoms. The molecule has 6 heteroatoms. The number of methoxy groups -OCH3 is 1. The number of carbonyl (C=O) groups is 1. The van der Waals surface area contributed by atoms with E-state index in [4.69, 9.17) is 25.8 Å². The molecule has 1 aliphatic carbocycles. The van der Waals surface area contributed by atoms with Gasteiger partial charge in [0.25, 0.3) is 0 Å². The third kappa shape index (κ3) is 5.96. The number of piperidine rings is 1. The highest BCUT2D eigenvalue weighted by atomic mass is 35.5. The Morgan fingerprint density at radius 3 is 2.53 bits per heavy atom. The average Bonchev–Trinajstić information content (AvgIpc) is 3.40. The van der Waals surface area contributed by atoms with Gasteiger partial charge in [0.2, 0.25) is 5.91 Å². The Morgan fingerprint density at radius 1 is 0.944 bits per heavy atom. The first-order chi connectivity index (χ1) is 17.6. The van der Waals surface area contributed by atoms with Crippen molar-refractivity contribution in [2.75, 3.05) is 13.7 Å². The van der Waals surface area contributed by atoms with Crippen molar-refractivity contribution in [1.82, 2.24) is 5.32 Å². The lowest BCUT2D eigenvalue weighted by atomic mass is 9.82. The summed E-state index contributed by atoms with van der Waals surface area (Å²) in [6.45, 7) is 0.629. The maximum Gasteiger partial charge on any atom is 0.223 e. The number of hydrogen-bond donors (Lipinski definition) is 1. The molecule has 0 bridgehead atoms. The number of benzene rings is 3. The first-order valence-electron chi connectivity index (χ1n) is 12.7. The zero-order valence-electron chi connectivity index (χ0n) is 20.5. The van der Waals surface area contributed by atoms with Crippen LogP contribution in [0.15, 0.2) is 66.7 Å². The van der Waals surface area contributed by atoms with E-state index in [0.717, 1.165) is 47.8 Å². The van der Waals surface area contributed by atoms with Gasteiger partial charge in [0.1, 0.15) is 11.5 Å². The van der Waals surface area contributed by atoms with Gasteiger partial charge in [-0.1, -0.05) is 29.8 Å². The number of nitrogens with one attached hydrogen (secondary N) is 1. The molecule has 0 spiro atoms. The average molecular weight is 506 g/mol. The van der Waals surface area contributed by atoms with Crippen molar-refractivity contribution < 1.29 is 19.0 Å². The van der Waals surface area contributed by atoms with Crippen molar-refractivity contribution in [2.24, 2.45) is 5.92 Å². The minimum Gasteiger partial charge on any atom is -0.493 e. The van der Waals surface area contributed by atoms with Crippen LogP contribution in [0.1, 0.15) is 49.1 Å². The highest BCUT2D eigenvalue weighted by Gasteiger charge is 2.30. The summed E-state index contributed by atoms with van der Waals surface area (Å²) in [5, 5.41) is 3.80. The summed E-state index contributed by atoms with van der Waals surface area (Å²) in [5.41, 5.74) is 2.25. The van der Waals surface area contributed by atoms with Crippen LogP contribution < -0.4 is 19.5 Å². The highest BCUT2D eigenvalue weighted by molar-refractivity contribution is 6.30. The van der Waals surface area contributed by atoms with E-state index in [-0.39, 0.29) is 23.8 Å². The second kappa shape index (κ2) is 11.3. The van der Waals surface area contributed by atoms with Gasteiger partial charge in [-0.05, 0) is 98.2 Å². The van der Waals surface area contributed by atoms with Crippen LogP contribution in [-0.4, -0.2) is 25.7 Å². The molecule has 2 fully saturated rings. The molecule has 3 aromatic carbocycles. The predicted molar refractivity (Wildman–Crippen MR) is 141 cm³/mol. The van der Waals surface area contributed by atoms with Gasteiger partial charge < -0.3 is 19.5 Å². The molecule has 1 saturated carbocycles. The molecule has 0 aromatic heterocycles. The van der Waals surface area contributed by atoms with Gasteiger partial charge in [-0.3, -0.25) is 4.79 Å². The second-order valence-corrected chi connectivity index (χ2v) is 10.2. The largest absolute Gasteiger partial charge is 0.493 e. The van der Waals surface area contributed by atoms with Gasteiger partial charge in [-0.2, -0.15) is 0 Å². The fraction of sp³-hybridized carbons (Fsp3) is 0.367. The van der Waals surface area contributed by atoms with Crippen LogP contribution in [-0.2, 0) is 11.2 Å². The van der Waals surface area contributed by atoms with Crippen LogP contribution >= 0.6 is 11.6 Å². The number of halogens is 1.